The van der Waals surface area contributed by atoms with Crippen LogP contribution >= 0.6 is 12.2 Å². The molecule has 0 aliphatic carbocycles. The average molecular weight is 467 g/mol. The summed E-state index contributed by atoms with van der Waals surface area (Å²) in [6.45, 7) is 4.03. The Morgan fingerprint density at radius 2 is 1.55 bits per heavy atom. The number of halogens is 2. The lowest BCUT2D eigenvalue weighted by Gasteiger charge is -2.36. The molecule has 33 heavy (non-hydrogen) atoms. The van der Waals surface area contributed by atoms with E-state index in [2.05, 4.69) is 20.4 Å². The molecule has 1 fully saturated rings. The van der Waals surface area contributed by atoms with Crippen molar-refractivity contribution >= 4 is 34.6 Å². The van der Waals surface area contributed by atoms with Gasteiger partial charge in [-0.2, -0.15) is 0 Å². The maximum atomic E-state index is 13.9. The first-order chi connectivity index (χ1) is 16.0. The minimum Gasteiger partial charge on any atom is -0.369 e. The van der Waals surface area contributed by atoms with Gasteiger partial charge in [-0.25, -0.2) is 8.78 Å². The molecule has 0 spiro atoms. The van der Waals surface area contributed by atoms with Gasteiger partial charge in [-0.3, -0.25) is 15.0 Å². The Labute approximate surface area is 197 Å². The highest BCUT2D eigenvalue weighted by atomic mass is 32.1. The van der Waals surface area contributed by atoms with Crippen LogP contribution in [0, 0.1) is 11.6 Å². The summed E-state index contributed by atoms with van der Waals surface area (Å²) in [5.41, 5.74) is 2.89. The number of hydrogen-bond donors (Lipinski definition) is 2. The lowest BCUT2D eigenvalue weighted by atomic mass is 10.1. The third-order valence-electron chi connectivity index (χ3n) is 5.55. The van der Waals surface area contributed by atoms with E-state index >= 15 is 0 Å². The Kier molecular flexibility index (Phi) is 7.26. The zero-order chi connectivity index (χ0) is 23.2. The number of rotatable bonds is 5. The maximum absolute atomic E-state index is 13.9. The van der Waals surface area contributed by atoms with Crippen LogP contribution in [0.5, 0.6) is 0 Å². The monoisotopic (exact) mass is 466 g/mol. The van der Waals surface area contributed by atoms with Crippen molar-refractivity contribution in [2.24, 2.45) is 0 Å². The van der Waals surface area contributed by atoms with E-state index in [1.807, 2.05) is 36.4 Å². The van der Waals surface area contributed by atoms with Gasteiger partial charge in [0, 0.05) is 55.2 Å². The standard InChI is InChI=1S/C25H24F2N4OS/c26-20-7-5-18(6-8-20)24(32)29-25(33)28-21-9-11-22(12-10-21)31-15-13-30(14-16-31)17-19-3-1-2-4-23(19)27/h1-12H,13-17H2,(H2,28,29,32,33). The average Bonchev–Trinajstić information content (AvgIpc) is 2.82. The zero-order valence-electron chi connectivity index (χ0n) is 17.9. The summed E-state index contributed by atoms with van der Waals surface area (Å²) in [4.78, 5) is 16.7. The lowest BCUT2D eigenvalue weighted by Crippen LogP contribution is -2.46. The van der Waals surface area contributed by atoms with Gasteiger partial charge in [0.25, 0.3) is 5.91 Å². The normalized spacial score (nSPS) is 14.1. The number of carbonyl (C=O) groups excluding carboxylic acids is 1. The molecule has 0 aromatic heterocycles. The number of amides is 1. The molecule has 1 aliphatic heterocycles. The van der Waals surface area contributed by atoms with Crippen LogP contribution in [0.25, 0.3) is 0 Å². The molecule has 1 amide bonds. The van der Waals surface area contributed by atoms with Gasteiger partial charge in [0.1, 0.15) is 11.6 Å². The molecule has 8 heteroatoms. The quantitative estimate of drug-likeness (QED) is 0.546. The number of hydrogen-bond acceptors (Lipinski definition) is 4. The van der Waals surface area contributed by atoms with E-state index in [4.69, 9.17) is 12.2 Å². The van der Waals surface area contributed by atoms with Crippen LogP contribution in [-0.2, 0) is 6.54 Å². The topological polar surface area (TPSA) is 47.6 Å². The van der Waals surface area contributed by atoms with Gasteiger partial charge < -0.3 is 10.2 Å². The number of benzene rings is 3. The summed E-state index contributed by atoms with van der Waals surface area (Å²) < 4.78 is 26.9. The minimum absolute atomic E-state index is 0.158. The third-order valence-corrected chi connectivity index (χ3v) is 5.75. The van der Waals surface area contributed by atoms with Crippen LogP contribution in [-0.4, -0.2) is 42.1 Å². The molecule has 3 aromatic carbocycles. The first-order valence-corrected chi connectivity index (χ1v) is 11.1. The number of piperazine rings is 1. The number of nitrogens with one attached hydrogen (secondary N) is 2. The molecule has 0 bridgehead atoms. The molecule has 0 saturated carbocycles. The summed E-state index contributed by atoms with van der Waals surface area (Å²) in [5.74, 6) is -0.967. The third kappa shape index (κ3) is 6.12. The van der Waals surface area contributed by atoms with E-state index in [1.54, 1.807) is 6.07 Å². The molecule has 1 aliphatic rings. The van der Waals surface area contributed by atoms with Crippen LogP contribution in [0.3, 0.4) is 0 Å². The predicted molar refractivity (Wildman–Crippen MR) is 130 cm³/mol. The molecule has 3 aromatic rings. The van der Waals surface area contributed by atoms with Gasteiger partial charge in [0.05, 0.1) is 0 Å². The van der Waals surface area contributed by atoms with Gasteiger partial charge in [0.15, 0.2) is 5.11 Å². The van der Waals surface area contributed by atoms with Crippen molar-refractivity contribution in [2.45, 2.75) is 6.54 Å². The molecule has 1 heterocycles. The van der Waals surface area contributed by atoms with Crippen molar-refractivity contribution in [1.82, 2.24) is 10.2 Å². The summed E-state index contributed by atoms with van der Waals surface area (Å²) >= 11 is 5.21. The fourth-order valence-electron chi connectivity index (χ4n) is 3.73. The van der Waals surface area contributed by atoms with Crippen LogP contribution in [0.1, 0.15) is 15.9 Å². The van der Waals surface area contributed by atoms with Crippen molar-refractivity contribution in [3.05, 3.63) is 95.6 Å². The van der Waals surface area contributed by atoms with Crippen molar-refractivity contribution in [3.8, 4) is 0 Å². The molecular formula is C25H24F2N4OS. The van der Waals surface area contributed by atoms with Gasteiger partial charge in [-0.05, 0) is 66.8 Å². The second-order valence-electron chi connectivity index (χ2n) is 7.82. The minimum atomic E-state index is -0.405. The summed E-state index contributed by atoms with van der Waals surface area (Å²) in [5, 5.41) is 5.74. The van der Waals surface area contributed by atoms with Crippen molar-refractivity contribution in [3.63, 3.8) is 0 Å². The van der Waals surface area contributed by atoms with E-state index in [0.29, 0.717) is 12.1 Å². The fourth-order valence-corrected chi connectivity index (χ4v) is 3.94. The van der Waals surface area contributed by atoms with Crippen LogP contribution in [0.4, 0.5) is 20.2 Å². The van der Waals surface area contributed by atoms with E-state index < -0.39 is 11.7 Å². The number of anilines is 2. The molecule has 5 nitrogen and oxygen atoms in total. The Bertz CT molecular complexity index is 1110. The molecule has 0 atom stereocenters. The van der Waals surface area contributed by atoms with Crippen LogP contribution in [0.15, 0.2) is 72.8 Å². The first-order valence-electron chi connectivity index (χ1n) is 10.7. The van der Waals surface area contributed by atoms with Crippen molar-refractivity contribution < 1.29 is 13.6 Å². The fraction of sp³-hybridized carbons (Fsp3) is 0.200. The van der Waals surface area contributed by atoms with Crippen LogP contribution in [0.2, 0.25) is 0 Å². The molecular weight excluding hydrogens is 442 g/mol. The Hall–Kier alpha value is -3.36. The van der Waals surface area contributed by atoms with E-state index in [0.717, 1.165) is 43.1 Å². The van der Waals surface area contributed by atoms with E-state index in [9.17, 15) is 13.6 Å². The molecule has 4 rings (SSSR count). The van der Waals surface area contributed by atoms with E-state index in [-0.39, 0.29) is 10.9 Å². The van der Waals surface area contributed by atoms with E-state index in [1.165, 1.54) is 30.3 Å². The molecule has 170 valence electrons. The summed E-state index contributed by atoms with van der Waals surface area (Å²) in [7, 11) is 0. The van der Waals surface area contributed by atoms with Gasteiger partial charge in [-0.15, -0.1) is 0 Å². The second kappa shape index (κ2) is 10.5. The van der Waals surface area contributed by atoms with Gasteiger partial charge in [0.2, 0.25) is 0 Å². The Morgan fingerprint density at radius 1 is 0.879 bits per heavy atom. The predicted octanol–water partition coefficient (Wildman–Crippen LogP) is 4.41. The molecule has 1 saturated heterocycles. The maximum Gasteiger partial charge on any atom is 0.257 e. The van der Waals surface area contributed by atoms with Gasteiger partial charge >= 0.3 is 0 Å². The number of thiocarbonyl (C=S) groups is 1. The molecule has 2 N–H and O–H groups in total. The first kappa shape index (κ1) is 22.8. The number of nitrogens with zero attached hydrogens (tertiary/aromatic N) is 2. The zero-order valence-corrected chi connectivity index (χ0v) is 18.7. The Balaban J connectivity index is 1.26. The van der Waals surface area contributed by atoms with Crippen molar-refractivity contribution in [1.29, 1.82) is 0 Å². The SMILES string of the molecule is O=C(NC(=S)Nc1ccc(N2CCN(Cc3ccccc3F)CC2)cc1)c1ccc(F)cc1. The van der Waals surface area contributed by atoms with Crippen molar-refractivity contribution in [2.75, 3.05) is 36.4 Å². The molecule has 0 radical (unpaired) electrons. The van der Waals surface area contributed by atoms with Crippen LogP contribution < -0.4 is 15.5 Å². The highest BCUT2D eigenvalue weighted by molar-refractivity contribution is 7.80. The highest BCUT2D eigenvalue weighted by Gasteiger charge is 2.18. The van der Waals surface area contributed by atoms with Gasteiger partial charge in [-0.1, -0.05) is 18.2 Å². The smallest absolute Gasteiger partial charge is 0.257 e. The largest absolute Gasteiger partial charge is 0.369 e. The molecule has 0 unspecified atom stereocenters. The summed E-state index contributed by atoms with van der Waals surface area (Å²) in [6.07, 6.45) is 0. The lowest BCUT2D eigenvalue weighted by molar-refractivity contribution is 0.0977. The second-order valence-corrected chi connectivity index (χ2v) is 8.22. The Morgan fingerprint density at radius 3 is 2.21 bits per heavy atom. The highest BCUT2D eigenvalue weighted by Crippen LogP contribution is 2.20. The summed E-state index contributed by atoms with van der Waals surface area (Å²) in [6, 6.07) is 20.0. The number of carbonyl (C=O) groups is 1.